The largest absolute Gasteiger partial charge is 0.495 e. The number of para-hydroxylation sites is 2. The number of ether oxygens (including phenoxy) is 3. The van der Waals surface area contributed by atoms with Gasteiger partial charge in [0.1, 0.15) is 5.75 Å². The quantitative estimate of drug-likeness (QED) is 0.662. The van der Waals surface area contributed by atoms with E-state index in [1.165, 1.54) is 0 Å². The Balaban J connectivity index is 1.58. The van der Waals surface area contributed by atoms with Crippen LogP contribution in [0.4, 0.5) is 5.69 Å². The molecule has 1 aromatic rings. The molecule has 1 aliphatic rings. The fourth-order valence-corrected chi connectivity index (χ4v) is 2.39. The molecule has 1 amide bonds. The van der Waals surface area contributed by atoms with E-state index < -0.39 is 5.97 Å². The zero-order chi connectivity index (χ0) is 17.2. The number of carbonyl (C=O) groups is 2. The lowest BCUT2D eigenvalue weighted by atomic mass is 10.2. The Labute approximate surface area is 141 Å². The highest BCUT2D eigenvalue weighted by atomic mass is 16.5. The van der Waals surface area contributed by atoms with Gasteiger partial charge in [0, 0.05) is 19.7 Å². The molecule has 1 atom stereocenters. The summed E-state index contributed by atoms with van der Waals surface area (Å²) in [5.74, 6) is -0.0272. The van der Waals surface area contributed by atoms with Gasteiger partial charge in [-0.05, 0) is 25.0 Å². The van der Waals surface area contributed by atoms with E-state index in [2.05, 4.69) is 10.6 Å². The van der Waals surface area contributed by atoms with Gasteiger partial charge in [-0.25, -0.2) is 0 Å². The second kappa shape index (κ2) is 9.77. The lowest BCUT2D eigenvalue weighted by Gasteiger charge is -2.12. The standard InChI is InChI=1S/C17H24N2O5/c1-22-15-7-3-2-6-14(15)18-9-8-17(21)24-12-16(20)19-11-13-5-4-10-23-13/h2-3,6-7,13,18H,4-5,8-12H2,1H3,(H,19,20). The van der Waals surface area contributed by atoms with Crippen molar-refractivity contribution in [1.29, 1.82) is 0 Å². The average molecular weight is 336 g/mol. The van der Waals surface area contributed by atoms with Crippen LogP contribution in [0.1, 0.15) is 19.3 Å². The molecule has 0 aromatic heterocycles. The van der Waals surface area contributed by atoms with Gasteiger partial charge in [-0.1, -0.05) is 12.1 Å². The van der Waals surface area contributed by atoms with Gasteiger partial charge in [-0.3, -0.25) is 9.59 Å². The second-order valence-electron chi connectivity index (χ2n) is 5.48. The van der Waals surface area contributed by atoms with Crippen LogP contribution >= 0.6 is 0 Å². The number of nitrogens with one attached hydrogen (secondary N) is 2. The van der Waals surface area contributed by atoms with Crippen LogP contribution in [-0.4, -0.2) is 51.4 Å². The third-order valence-corrected chi connectivity index (χ3v) is 3.67. The van der Waals surface area contributed by atoms with Crippen molar-refractivity contribution in [3.05, 3.63) is 24.3 Å². The minimum absolute atomic E-state index is 0.0784. The van der Waals surface area contributed by atoms with Crippen molar-refractivity contribution in [3.8, 4) is 5.75 Å². The van der Waals surface area contributed by atoms with Crippen molar-refractivity contribution in [2.75, 3.05) is 38.7 Å². The van der Waals surface area contributed by atoms with Gasteiger partial charge in [-0.2, -0.15) is 0 Å². The zero-order valence-corrected chi connectivity index (χ0v) is 13.9. The Kier molecular flexibility index (Phi) is 7.35. The molecule has 1 aliphatic heterocycles. The number of benzene rings is 1. The maximum absolute atomic E-state index is 11.7. The number of amides is 1. The number of hydrogen-bond acceptors (Lipinski definition) is 6. The maximum atomic E-state index is 11.7. The minimum Gasteiger partial charge on any atom is -0.495 e. The number of hydrogen-bond donors (Lipinski definition) is 2. The van der Waals surface area contributed by atoms with Gasteiger partial charge < -0.3 is 24.8 Å². The van der Waals surface area contributed by atoms with E-state index in [1.807, 2.05) is 24.3 Å². The summed E-state index contributed by atoms with van der Waals surface area (Å²) in [5, 5.41) is 5.81. The molecule has 1 heterocycles. The summed E-state index contributed by atoms with van der Waals surface area (Å²) in [6.07, 6.45) is 2.22. The number of methoxy groups -OCH3 is 1. The van der Waals surface area contributed by atoms with Crippen LogP contribution in [0.3, 0.4) is 0 Å². The van der Waals surface area contributed by atoms with Crippen LogP contribution in [0.25, 0.3) is 0 Å². The first-order valence-corrected chi connectivity index (χ1v) is 8.10. The normalized spacial score (nSPS) is 16.5. The summed E-state index contributed by atoms with van der Waals surface area (Å²) in [5.41, 5.74) is 0.808. The van der Waals surface area contributed by atoms with Crippen molar-refractivity contribution in [3.63, 3.8) is 0 Å². The molecule has 132 valence electrons. The van der Waals surface area contributed by atoms with Crippen LogP contribution in [0.2, 0.25) is 0 Å². The first kappa shape index (κ1) is 18.1. The van der Waals surface area contributed by atoms with E-state index in [1.54, 1.807) is 7.11 Å². The van der Waals surface area contributed by atoms with E-state index in [-0.39, 0.29) is 25.0 Å². The molecule has 1 unspecified atom stereocenters. The molecule has 7 nitrogen and oxygen atoms in total. The summed E-state index contributed by atoms with van der Waals surface area (Å²) in [6.45, 7) is 1.34. The molecule has 1 saturated heterocycles. The lowest BCUT2D eigenvalue weighted by Crippen LogP contribution is -2.34. The van der Waals surface area contributed by atoms with Gasteiger partial charge >= 0.3 is 5.97 Å². The summed E-state index contributed by atoms with van der Waals surface area (Å²) in [6, 6.07) is 7.44. The smallest absolute Gasteiger partial charge is 0.308 e. The van der Waals surface area contributed by atoms with Crippen molar-refractivity contribution >= 4 is 17.6 Å². The minimum atomic E-state index is -0.426. The molecule has 0 radical (unpaired) electrons. The highest BCUT2D eigenvalue weighted by Gasteiger charge is 2.16. The van der Waals surface area contributed by atoms with Crippen molar-refractivity contribution in [2.45, 2.75) is 25.4 Å². The topological polar surface area (TPSA) is 85.9 Å². The fourth-order valence-electron chi connectivity index (χ4n) is 2.39. The van der Waals surface area contributed by atoms with E-state index in [9.17, 15) is 9.59 Å². The summed E-state index contributed by atoms with van der Waals surface area (Å²) < 4.78 is 15.6. The van der Waals surface area contributed by atoms with Crippen molar-refractivity contribution in [2.24, 2.45) is 0 Å². The SMILES string of the molecule is COc1ccccc1NCCC(=O)OCC(=O)NCC1CCCO1. The zero-order valence-electron chi connectivity index (χ0n) is 13.9. The number of rotatable bonds is 9. The Morgan fingerprint density at radius 1 is 1.33 bits per heavy atom. The highest BCUT2D eigenvalue weighted by Crippen LogP contribution is 2.22. The van der Waals surface area contributed by atoms with Crippen LogP contribution in [-0.2, 0) is 19.1 Å². The lowest BCUT2D eigenvalue weighted by molar-refractivity contribution is -0.148. The predicted octanol–water partition coefficient (Wildman–Crippen LogP) is 1.34. The highest BCUT2D eigenvalue weighted by molar-refractivity contribution is 5.80. The van der Waals surface area contributed by atoms with Gasteiger partial charge in [-0.15, -0.1) is 0 Å². The van der Waals surface area contributed by atoms with Crippen LogP contribution in [0, 0.1) is 0 Å². The first-order chi connectivity index (χ1) is 11.7. The Morgan fingerprint density at radius 2 is 2.17 bits per heavy atom. The van der Waals surface area contributed by atoms with Crippen molar-refractivity contribution < 1.29 is 23.8 Å². The summed E-state index contributed by atoms with van der Waals surface area (Å²) in [7, 11) is 1.59. The molecule has 24 heavy (non-hydrogen) atoms. The van der Waals surface area contributed by atoms with Gasteiger partial charge in [0.15, 0.2) is 6.61 Å². The molecule has 2 rings (SSSR count). The second-order valence-corrected chi connectivity index (χ2v) is 5.48. The third-order valence-electron chi connectivity index (χ3n) is 3.67. The monoisotopic (exact) mass is 336 g/mol. The number of anilines is 1. The summed E-state index contributed by atoms with van der Waals surface area (Å²) in [4.78, 5) is 23.3. The van der Waals surface area contributed by atoms with Gasteiger partial charge in [0.05, 0.1) is 25.3 Å². The molecule has 0 spiro atoms. The third kappa shape index (κ3) is 6.08. The number of esters is 1. The van der Waals surface area contributed by atoms with Crippen LogP contribution in [0.5, 0.6) is 5.75 Å². The van der Waals surface area contributed by atoms with E-state index >= 15 is 0 Å². The molecule has 7 heteroatoms. The molecule has 2 N–H and O–H groups in total. The molecule has 1 aromatic carbocycles. The molecule has 1 fully saturated rings. The van der Waals surface area contributed by atoms with E-state index in [0.717, 1.165) is 25.1 Å². The first-order valence-electron chi connectivity index (χ1n) is 8.10. The molecule has 0 bridgehead atoms. The predicted molar refractivity (Wildman–Crippen MR) is 89.0 cm³/mol. The van der Waals surface area contributed by atoms with Gasteiger partial charge in [0.2, 0.25) is 0 Å². The van der Waals surface area contributed by atoms with Crippen LogP contribution in [0.15, 0.2) is 24.3 Å². The molecule has 0 aliphatic carbocycles. The maximum Gasteiger partial charge on any atom is 0.308 e. The summed E-state index contributed by atoms with van der Waals surface area (Å²) >= 11 is 0. The van der Waals surface area contributed by atoms with Crippen molar-refractivity contribution in [1.82, 2.24) is 5.32 Å². The van der Waals surface area contributed by atoms with E-state index in [4.69, 9.17) is 14.2 Å². The fraction of sp³-hybridized carbons (Fsp3) is 0.529. The Morgan fingerprint density at radius 3 is 2.92 bits per heavy atom. The molecule has 0 saturated carbocycles. The van der Waals surface area contributed by atoms with Gasteiger partial charge in [0.25, 0.3) is 5.91 Å². The molecular weight excluding hydrogens is 312 g/mol. The Hall–Kier alpha value is -2.28. The Bertz CT molecular complexity index is 544. The average Bonchev–Trinajstić information content (AvgIpc) is 3.12. The molecular formula is C17H24N2O5. The number of carbonyl (C=O) groups excluding carboxylic acids is 2. The van der Waals surface area contributed by atoms with E-state index in [0.29, 0.717) is 18.8 Å². The van der Waals surface area contributed by atoms with Crippen LogP contribution < -0.4 is 15.4 Å².